The Balaban J connectivity index is 2.19. The highest BCUT2D eigenvalue weighted by atomic mass is 32.2. The molecule has 0 heterocycles. The summed E-state index contributed by atoms with van der Waals surface area (Å²) in [5, 5.41) is 0. The number of rotatable bonds is 41. The lowest BCUT2D eigenvalue weighted by Gasteiger charge is -2.13. The molecule has 334 valence electrons. The second kappa shape index (κ2) is 38.7. The first-order valence-electron chi connectivity index (χ1n) is 24.1. The molecule has 0 saturated carbocycles. The molecule has 0 radical (unpaired) electrons. The van der Waals surface area contributed by atoms with Crippen molar-refractivity contribution in [2.24, 2.45) is 0 Å². The number of benzene rings is 1. The third-order valence-corrected chi connectivity index (χ3v) is 11.9. The summed E-state index contributed by atoms with van der Waals surface area (Å²) in [6.45, 7) is 4.80. The number of esters is 2. The fraction of sp³-hybridized carbons (Fsp3) is 0.760. The van der Waals surface area contributed by atoms with Crippen LogP contribution in [-0.4, -0.2) is 38.1 Å². The molecule has 58 heavy (non-hydrogen) atoms. The van der Waals surface area contributed by atoms with Gasteiger partial charge in [-0.05, 0) is 76.3 Å². The van der Waals surface area contributed by atoms with Crippen molar-refractivity contribution in [3.05, 3.63) is 53.6 Å². The Bertz CT molecular complexity index is 1300. The van der Waals surface area contributed by atoms with Gasteiger partial charge in [0.15, 0.2) is 0 Å². The molecule has 0 aromatic heterocycles. The zero-order chi connectivity index (χ0) is 42.2. The maximum absolute atomic E-state index is 13.1. The van der Waals surface area contributed by atoms with Crippen molar-refractivity contribution in [1.29, 1.82) is 0 Å². The Morgan fingerprint density at radius 2 is 0.776 bits per heavy atom. The summed E-state index contributed by atoms with van der Waals surface area (Å²) in [6.07, 6.45) is 50.5. The first-order valence-corrected chi connectivity index (χ1v) is 25.5. The molecule has 8 heteroatoms. The van der Waals surface area contributed by atoms with E-state index in [4.69, 9.17) is 9.47 Å². The van der Waals surface area contributed by atoms with E-state index >= 15 is 0 Å². The van der Waals surface area contributed by atoms with Gasteiger partial charge in [-0.1, -0.05) is 198 Å². The van der Waals surface area contributed by atoms with Crippen molar-refractivity contribution in [3.63, 3.8) is 0 Å². The molecule has 0 amide bonds. The third-order valence-electron chi connectivity index (χ3n) is 11.0. The van der Waals surface area contributed by atoms with E-state index in [1.165, 1.54) is 179 Å². The highest BCUT2D eigenvalue weighted by Gasteiger charge is 2.28. The van der Waals surface area contributed by atoms with Crippen molar-refractivity contribution >= 4 is 22.1 Å². The lowest BCUT2D eigenvalue weighted by molar-refractivity contribution is 0.0446. The minimum absolute atomic E-state index is 0.106. The monoisotopic (exact) mass is 831 g/mol. The van der Waals surface area contributed by atoms with Crippen molar-refractivity contribution in [2.45, 2.75) is 237 Å². The maximum Gasteiger partial charge on any atom is 0.340 e. The number of hydrogen-bond donors (Lipinski definition) is 1. The smallest absolute Gasteiger partial charge is 0.340 e. The van der Waals surface area contributed by atoms with E-state index in [0.717, 1.165) is 44.6 Å². The van der Waals surface area contributed by atoms with Gasteiger partial charge in [-0.15, -0.1) is 0 Å². The molecule has 1 N–H and O–H groups in total. The molecular weight excluding hydrogens is 745 g/mol. The molecule has 1 aromatic rings. The summed E-state index contributed by atoms with van der Waals surface area (Å²) >= 11 is 0. The number of allylic oxidation sites excluding steroid dienone is 4. The van der Waals surface area contributed by atoms with Crippen LogP contribution in [0, 0.1) is 0 Å². The van der Waals surface area contributed by atoms with Crippen molar-refractivity contribution in [2.75, 3.05) is 13.2 Å². The molecule has 7 nitrogen and oxygen atoms in total. The SMILES string of the molecule is CCCCCCCCC/C=C/CCCCCCCCCCOC(=O)c1cccc(S(=O)(=O)O)c1C(=O)OCCCCCCCCCC/C=C/CCCCCCCCC. The average molecular weight is 831 g/mol. The summed E-state index contributed by atoms with van der Waals surface area (Å²) in [7, 11) is -4.77. The van der Waals surface area contributed by atoms with E-state index in [2.05, 4.69) is 38.2 Å². The van der Waals surface area contributed by atoms with Crippen molar-refractivity contribution in [1.82, 2.24) is 0 Å². The van der Waals surface area contributed by atoms with Crippen LogP contribution in [0.4, 0.5) is 0 Å². The largest absolute Gasteiger partial charge is 0.462 e. The zero-order valence-corrected chi connectivity index (χ0v) is 38.1. The molecule has 0 unspecified atom stereocenters. The van der Waals surface area contributed by atoms with Gasteiger partial charge in [0.05, 0.1) is 24.3 Å². The van der Waals surface area contributed by atoms with Crippen LogP contribution >= 0.6 is 0 Å². The fourth-order valence-electron chi connectivity index (χ4n) is 7.37. The number of unbranched alkanes of at least 4 members (excludes halogenated alkanes) is 30. The summed E-state index contributed by atoms with van der Waals surface area (Å²) in [5.41, 5.74) is -0.678. The molecule has 1 aromatic carbocycles. The van der Waals surface area contributed by atoms with Crippen molar-refractivity contribution in [3.8, 4) is 0 Å². The normalized spacial score (nSPS) is 11.9. The Morgan fingerprint density at radius 3 is 1.12 bits per heavy atom. The van der Waals surface area contributed by atoms with E-state index in [1.54, 1.807) is 0 Å². The van der Waals surface area contributed by atoms with Crippen LogP contribution < -0.4 is 0 Å². The summed E-state index contributed by atoms with van der Waals surface area (Å²) in [4.78, 5) is 25.4. The second-order valence-corrected chi connectivity index (χ2v) is 17.8. The first-order chi connectivity index (χ1) is 28.3. The lowest BCUT2D eigenvalue weighted by atomic mass is 10.1. The third kappa shape index (κ3) is 30.6. The average Bonchev–Trinajstić information content (AvgIpc) is 3.21. The van der Waals surface area contributed by atoms with Gasteiger partial charge >= 0.3 is 11.9 Å². The minimum Gasteiger partial charge on any atom is -0.462 e. The van der Waals surface area contributed by atoms with Crippen LogP contribution in [-0.2, 0) is 19.6 Å². The van der Waals surface area contributed by atoms with Crippen LogP contribution in [0.3, 0.4) is 0 Å². The van der Waals surface area contributed by atoms with Crippen LogP contribution in [0.25, 0.3) is 0 Å². The van der Waals surface area contributed by atoms with Gasteiger partial charge in [-0.25, -0.2) is 9.59 Å². The zero-order valence-electron chi connectivity index (χ0n) is 37.3. The van der Waals surface area contributed by atoms with Crippen molar-refractivity contribution < 1.29 is 32.0 Å². The Kier molecular flexibility index (Phi) is 35.8. The summed E-state index contributed by atoms with van der Waals surface area (Å²) in [5.74, 6) is -1.75. The molecular formula is C50H86O7S. The summed E-state index contributed by atoms with van der Waals surface area (Å²) < 4.78 is 44.9. The molecule has 0 saturated heterocycles. The van der Waals surface area contributed by atoms with E-state index in [1.807, 2.05) is 0 Å². The molecule has 0 aliphatic carbocycles. The van der Waals surface area contributed by atoms with Gasteiger partial charge in [0.25, 0.3) is 10.1 Å². The Morgan fingerprint density at radius 1 is 0.466 bits per heavy atom. The molecule has 0 bridgehead atoms. The molecule has 0 aliphatic rings. The summed E-state index contributed by atoms with van der Waals surface area (Å²) in [6, 6.07) is 3.76. The van der Waals surface area contributed by atoms with Gasteiger partial charge in [-0.3, -0.25) is 4.55 Å². The van der Waals surface area contributed by atoms with Gasteiger partial charge < -0.3 is 9.47 Å². The van der Waals surface area contributed by atoms with Crippen LogP contribution in [0.1, 0.15) is 253 Å². The van der Waals surface area contributed by atoms with E-state index in [9.17, 15) is 22.6 Å². The highest BCUT2D eigenvalue weighted by molar-refractivity contribution is 7.86. The minimum atomic E-state index is -4.77. The lowest BCUT2D eigenvalue weighted by Crippen LogP contribution is -2.19. The highest BCUT2D eigenvalue weighted by Crippen LogP contribution is 2.23. The van der Waals surface area contributed by atoms with Crippen LogP contribution in [0.2, 0.25) is 0 Å². The van der Waals surface area contributed by atoms with E-state index < -0.39 is 32.5 Å². The van der Waals surface area contributed by atoms with Gasteiger partial charge in [-0.2, -0.15) is 8.42 Å². The number of ether oxygens (including phenoxy) is 2. The number of hydrogen-bond acceptors (Lipinski definition) is 6. The molecule has 0 spiro atoms. The van der Waals surface area contributed by atoms with Gasteiger partial charge in [0.1, 0.15) is 4.90 Å². The van der Waals surface area contributed by atoms with E-state index in [0.29, 0.717) is 12.8 Å². The van der Waals surface area contributed by atoms with Gasteiger partial charge in [0.2, 0.25) is 0 Å². The number of carbonyl (C=O) groups excluding carboxylic acids is 2. The van der Waals surface area contributed by atoms with Gasteiger partial charge in [0, 0.05) is 0 Å². The molecule has 0 aliphatic heterocycles. The Labute approximate surface area is 356 Å². The predicted octanol–water partition coefficient (Wildman–Crippen LogP) is 15.7. The quantitative estimate of drug-likeness (QED) is 0.0303. The fourth-order valence-corrected chi connectivity index (χ4v) is 8.07. The van der Waals surface area contributed by atoms with E-state index in [-0.39, 0.29) is 18.8 Å². The maximum atomic E-state index is 13.1. The second-order valence-electron chi connectivity index (χ2n) is 16.4. The predicted molar refractivity (Wildman–Crippen MR) is 243 cm³/mol. The molecule has 0 atom stereocenters. The first kappa shape index (κ1) is 53.6. The molecule has 1 rings (SSSR count). The Hall–Kier alpha value is -2.45. The van der Waals surface area contributed by atoms with Crippen LogP contribution in [0.5, 0.6) is 0 Å². The standard InChI is InChI=1S/C50H86O7S/c1-3-5-7-9-11-13-15-17-19-21-23-25-27-29-31-33-35-37-39-44-56-49(51)46-42-41-43-47(58(53,54)55)48(46)50(52)57-45-40-38-36-34-32-30-28-26-24-22-20-18-16-14-12-10-8-6-4-2/h19-22,41-43H,3-18,23-40,44-45H2,1-2H3,(H,53,54,55)/b21-19+,22-20+. The topological polar surface area (TPSA) is 107 Å². The molecule has 0 fully saturated rings. The number of carbonyl (C=O) groups is 2. The van der Waals surface area contributed by atoms with Crippen LogP contribution in [0.15, 0.2) is 47.4 Å².